The fourth-order valence-electron chi connectivity index (χ4n) is 2.31. The number of hydrogen-bond acceptors (Lipinski definition) is 1. The van der Waals surface area contributed by atoms with Crippen molar-refractivity contribution in [3.05, 3.63) is 15.5 Å². The van der Waals surface area contributed by atoms with Gasteiger partial charge < -0.3 is 0 Å². The van der Waals surface area contributed by atoms with Crippen LogP contribution in [0.25, 0.3) is 0 Å². The molecule has 1 heterocycles. The highest BCUT2D eigenvalue weighted by molar-refractivity contribution is 14.1. The second kappa shape index (κ2) is 4.21. The molecule has 14 heavy (non-hydrogen) atoms. The minimum absolute atomic E-state index is 0.662. The van der Waals surface area contributed by atoms with E-state index in [-0.39, 0.29) is 0 Å². The Morgan fingerprint density at radius 3 is 2.50 bits per heavy atom. The van der Waals surface area contributed by atoms with E-state index in [4.69, 9.17) is 0 Å². The van der Waals surface area contributed by atoms with Crippen molar-refractivity contribution >= 4 is 22.6 Å². The van der Waals surface area contributed by atoms with Crippen LogP contribution in [-0.4, -0.2) is 9.78 Å². The molecule has 78 valence electrons. The van der Waals surface area contributed by atoms with Crippen LogP contribution in [0.2, 0.25) is 0 Å². The first-order valence-corrected chi connectivity index (χ1v) is 6.46. The zero-order valence-corrected chi connectivity index (χ0v) is 11.0. The van der Waals surface area contributed by atoms with E-state index < -0.39 is 0 Å². The summed E-state index contributed by atoms with van der Waals surface area (Å²) < 4.78 is 3.35. The minimum Gasteiger partial charge on any atom is -0.266 e. The van der Waals surface area contributed by atoms with Gasteiger partial charge in [-0.3, -0.25) is 4.68 Å². The SMILES string of the molecule is Cc1cc(I)nn1C1CCC(C)CC1. The standard InChI is InChI=1S/C11H17IN2/c1-8-3-5-10(6-4-8)14-9(2)7-11(12)13-14/h7-8,10H,3-6H2,1-2H3. The van der Waals surface area contributed by atoms with Crippen molar-refractivity contribution in [1.82, 2.24) is 9.78 Å². The zero-order valence-electron chi connectivity index (χ0n) is 8.83. The number of nitrogens with zero attached hydrogens (tertiary/aromatic N) is 2. The maximum Gasteiger partial charge on any atom is 0.123 e. The third-order valence-electron chi connectivity index (χ3n) is 3.22. The molecule has 0 N–H and O–H groups in total. The molecule has 1 aliphatic rings. The normalized spacial score (nSPS) is 27.9. The van der Waals surface area contributed by atoms with E-state index in [2.05, 4.69) is 52.3 Å². The number of rotatable bonds is 1. The van der Waals surface area contributed by atoms with E-state index in [0.29, 0.717) is 6.04 Å². The lowest BCUT2D eigenvalue weighted by Gasteiger charge is -2.27. The van der Waals surface area contributed by atoms with Crippen molar-refractivity contribution in [3.63, 3.8) is 0 Å². The van der Waals surface area contributed by atoms with E-state index in [1.807, 2.05) is 0 Å². The molecule has 1 aromatic heterocycles. The van der Waals surface area contributed by atoms with E-state index in [1.54, 1.807) is 0 Å². The van der Waals surface area contributed by atoms with Crippen molar-refractivity contribution < 1.29 is 0 Å². The molecule has 0 spiro atoms. The van der Waals surface area contributed by atoms with Gasteiger partial charge in [-0.2, -0.15) is 5.10 Å². The second-order valence-electron chi connectivity index (χ2n) is 4.47. The fourth-order valence-corrected chi connectivity index (χ4v) is 2.99. The summed E-state index contributed by atoms with van der Waals surface area (Å²) >= 11 is 2.29. The number of halogens is 1. The van der Waals surface area contributed by atoms with Crippen LogP contribution in [-0.2, 0) is 0 Å². The Bertz CT molecular complexity index is 311. The van der Waals surface area contributed by atoms with Crippen LogP contribution in [0.1, 0.15) is 44.3 Å². The Morgan fingerprint density at radius 1 is 1.36 bits per heavy atom. The van der Waals surface area contributed by atoms with Gasteiger partial charge in [0.25, 0.3) is 0 Å². The zero-order chi connectivity index (χ0) is 10.1. The van der Waals surface area contributed by atoms with Gasteiger partial charge in [0.2, 0.25) is 0 Å². The molecule has 0 bridgehead atoms. The summed E-state index contributed by atoms with van der Waals surface area (Å²) in [5, 5.41) is 4.56. The van der Waals surface area contributed by atoms with Crippen LogP contribution in [0.4, 0.5) is 0 Å². The van der Waals surface area contributed by atoms with Gasteiger partial charge in [-0.05, 0) is 67.2 Å². The van der Waals surface area contributed by atoms with Gasteiger partial charge in [0, 0.05) is 5.69 Å². The predicted molar refractivity (Wildman–Crippen MR) is 66.4 cm³/mol. The van der Waals surface area contributed by atoms with Gasteiger partial charge in [-0.1, -0.05) is 6.92 Å². The summed E-state index contributed by atoms with van der Waals surface area (Å²) in [6, 6.07) is 2.83. The van der Waals surface area contributed by atoms with E-state index in [9.17, 15) is 0 Å². The van der Waals surface area contributed by atoms with E-state index in [1.165, 1.54) is 31.4 Å². The van der Waals surface area contributed by atoms with Crippen LogP contribution < -0.4 is 0 Å². The average molecular weight is 304 g/mol. The van der Waals surface area contributed by atoms with Crippen LogP contribution in [0.5, 0.6) is 0 Å². The minimum atomic E-state index is 0.662. The van der Waals surface area contributed by atoms with Crippen molar-refractivity contribution in [2.75, 3.05) is 0 Å². The highest BCUT2D eigenvalue weighted by atomic mass is 127. The second-order valence-corrected chi connectivity index (χ2v) is 5.57. The molecule has 2 nitrogen and oxygen atoms in total. The molecule has 0 radical (unpaired) electrons. The molecule has 3 heteroatoms. The van der Waals surface area contributed by atoms with Gasteiger partial charge in [0.1, 0.15) is 3.70 Å². The smallest absolute Gasteiger partial charge is 0.123 e. The Balaban J connectivity index is 2.11. The highest BCUT2D eigenvalue weighted by Crippen LogP contribution is 2.32. The van der Waals surface area contributed by atoms with Gasteiger partial charge >= 0.3 is 0 Å². The van der Waals surface area contributed by atoms with Gasteiger partial charge in [0.05, 0.1) is 6.04 Å². The molecule has 1 saturated carbocycles. The average Bonchev–Trinajstić information content (AvgIpc) is 2.47. The Hall–Kier alpha value is -0.0600. The van der Waals surface area contributed by atoms with Crippen molar-refractivity contribution in [2.45, 2.75) is 45.6 Å². The third-order valence-corrected chi connectivity index (χ3v) is 3.75. The van der Waals surface area contributed by atoms with Crippen LogP contribution >= 0.6 is 22.6 Å². The molecule has 1 aromatic rings. The molecule has 1 aliphatic carbocycles. The Labute approximate surface area is 99.2 Å². The summed E-state index contributed by atoms with van der Waals surface area (Å²) in [7, 11) is 0. The lowest BCUT2D eigenvalue weighted by Crippen LogP contribution is -2.18. The number of aromatic nitrogens is 2. The van der Waals surface area contributed by atoms with Gasteiger partial charge in [-0.15, -0.1) is 0 Å². The number of aryl methyl sites for hydroxylation is 1. The molecule has 0 aromatic carbocycles. The molecule has 1 fully saturated rings. The largest absolute Gasteiger partial charge is 0.266 e. The van der Waals surface area contributed by atoms with E-state index >= 15 is 0 Å². The highest BCUT2D eigenvalue weighted by Gasteiger charge is 2.21. The summed E-state index contributed by atoms with van der Waals surface area (Å²) in [4.78, 5) is 0. The maximum absolute atomic E-state index is 4.56. The molecular formula is C11H17IN2. The van der Waals surface area contributed by atoms with Gasteiger partial charge in [-0.25, -0.2) is 0 Å². The summed E-state index contributed by atoms with van der Waals surface area (Å²) in [5.41, 5.74) is 1.31. The first kappa shape index (κ1) is 10.5. The van der Waals surface area contributed by atoms with Crippen LogP contribution in [0.3, 0.4) is 0 Å². The molecule has 2 rings (SSSR count). The third kappa shape index (κ3) is 2.12. The summed E-state index contributed by atoms with van der Waals surface area (Å²) in [5.74, 6) is 0.918. The monoisotopic (exact) mass is 304 g/mol. The topological polar surface area (TPSA) is 17.8 Å². The lowest BCUT2D eigenvalue weighted by atomic mass is 9.87. The predicted octanol–water partition coefficient (Wildman–Crippen LogP) is 3.55. The van der Waals surface area contributed by atoms with Gasteiger partial charge in [0.15, 0.2) is 0 Å². The molecule has 0 saturated heterocycles. The van der Waals surface area contributed by atoms with Crippen molar-refractivity contribution in [3.8, 4) is 0 Å². The van der Waals surface area contributed by atoms with E-state index in [0.717, 1.165) is 9.62 Å². The summed E-state index contributed by atoms with van der Waals surface area (Å²) in [6.45, 7) is 4.52. The number of hydrogen-bond donors (Lipinski definition) is 0. The summed E-state index contributed by atoms with van der Waals surface area (Å²) in [6.07, 6.45) is 5.33. The van der Waals surface area contributed by atoms with Crippen molar-refractivity contribution in [2.24, 2.45) is 5.92 Å². The van der Waals surface area contributed by atoms with Crippen molar-refractivity contribution in [1.29, 1.82) is 0 Å². The Morgan fingerprint density at radius 2 is 2.00 bits per heavy atom. The lowest BCUT2D eigenvalue weighted by molar-refractivity contribution is 0.270. The molecule has 0 amide bonds. The molecule has 0 aliphatic heterocycles. The first-order chi connectivity index (χ1) is 6.66. The van der Waals surface area contributed by atoms with Crippen LogP contribution in [0.15, 0.2) is 6.07 Å². The first-order valence-electron chi connectivity index (χ1n) is 5.38. The molecule has 0 atom stereocenters. The Kier molecular flexibility index (Phi) is 3.14. The quantitative estimate of drug-likeness (QED) is 0.726. The molecule has 0 unspecified atom stereocenters. The molecular weight excluding hydrogens is 287 g/mol. The maximum atomic E-state index is 4.56. The van der Waals surface area contributed by atoms with Crippen LogP contribution in [0, 0.1) is 16.5 Å². The fraction of sp³-hybridized carbons (Fsp3) is 0.727.